The zero-order chi connectivity index (χ0) is 13.3. The number of halogens is 1. The van der Waals surface area contributed by atoms with Crippen molar-refractivity contribution in [3.8, 4) is 0 Å². The number of carboxylic acid groups (broad SMARTS) is 1. The Morgan fingerprint density at radius 3 is 2.67 bits per heavy atom. The summed E-state index contributed by atoms with van der Waals surface area (Å²) in [5, 5.41) is 29.0. The van der Waals surface area contributed by atoms with E-state index in [4.69, 9.17) is 9.52 Å². The van der Waals surface area contributed by atoms with Crippen molar-refractivity contribution < 1.29 is 24.5 Å². The van der Waals surface area contributed by atoms with Crippen LogP contribution in [0.5, 0.6) is 0 Å². The molecular weight excluding hydrogens is 304 g/mol. The molecule has 6 heteroatoms. The number of carboxylic acids is 1. The fraction of sp³-hybridized carbons (Fsp3) is 0.250. The molecule has 0 bridgehead atoms. The average molecular weight is 315 g/mol. The van der Waals surface area contributed by atoms with Crippen LogP contribution in [0, 0.1) is 0 Å². The van der Waals surface area contributed by atoms with Crippen LogP contribution in [-0.4, -0.2) is 32.7 Å². The molecule has 18 heavy (non-hydrogen) atoms. The summed E-state index contributed by atoms with van der Waals surface area (Å²) < 4.78 is 5.10. The average Bonchev–Trinajstić information content (AvgIpc) is 2.79. The fourth-order valence-electron chi connectivity index (χ4n) is 1.66. The highest BCUT2D eigenvalue weighted by Crippen LogP contribution is 2.25. The molecule has 0 saturated heterocycles. The third-order valence-corrected chi connectivity index (χ3v) is 3.28. The number of carbonyl (C=O) groups is 1. The van der Waals surface area contributed by atoms with Gasteiger partial charge >= 0.3 is 5.97 Å². The first-order chi connectivity index (χ1) is 8.52. The van der Waals surface area contributed by atoms with Crippen LogP contribution in [0.3, 0.4) is 0 Å². The second kappa shape index (κ2) is 5.09. The van der Waals surface area contributed by atoms with Gasteiger partial charge in [0.2, 0.25) is 5.76 Å². The van der Waals surface area contributed by atoms with Crippen molar-refractivity contribution in [1.82, 2.24) is 0 Å². The van der Waals surface area contributed by atoms with E-state index in [2.05, 4.69) is 15.9 Å². The van der Waals surface area contributed by atoms with Crippen LogP contribution in [-0.2, 0) is 0 Å². The Kier molecular flexibility index (Phi) is 3.70. The van der Waals surface area contributed by atoms with E-state index in [1.54, 1.807) is 18.2 Å². The second-order valence-corrected chi connectivity index (χ2v) is 4.53. The molecule has 0 aliphatic heterocycles. The third-order valence-electron chi connectivity index (χ3n) is 2.62. The molecule has 2 aromatic rings. The number of furan rings is 1. The van der Waals surface area contributed by atoms with E-state index in [0.29, 0.717) is 16.5 Å². The van der Waals surface area contributed by atoms with Crippen molar-refractivity contribution >= 4 is 32.9 Å². The first kappa shape index (κ1) is 13.1. The van der Waals surface area contributed by atoms with Gasteiger partial charge in [-0.05, 0) is 23.8 Å². The largest absolute Gasteiger partial charge is 0.475 e. The van der Waals surface area contributed by atoms with Gasteiger partial charge in [-0.2, -0.15) is 0 Å². The topological polar surface area (TPSA) is 90.9 Å². The third kappa shape index (κ3) is 2.40. The van der Waals surface area contributed by atoms with Gasteiger partial charge < -0.3 is 19.7 Å². The minimum Gasteiger partial charge on any atom is -0.475 e. The van der Waals surface area contributed by atoms with E-state index in [9.17, 15) is 15.0 Å². The van der Waals surface area contributed by atoms with Gasteiger partial charge in [0.25, 0.3) is 0 Å². The predicted molar refractivity (Wildman–Crippen MR) is 67.9 cm³/mol. The number of hydrogen-bond donors (Lipinski definition) is 3. The number of aromatic carboxylic acids is 1. The number of fused-ring (bicyclic) bond motifs is 1. The first-order valence-corrected chi connectivity index (χ1v) is 6.34. The summed E-state index contributed by atoms with van der Waals surface area (Å²) >= 11 is 3.08. The van der Waals surface area contributed by atoms with Crippen LogP contribution >= 0.6 is 15.9 Å². The summed E-state index contributed by atoms with van der Waals surface area (Å²) in [6, 6.07) is 6.14. The van der Waals surface area contributed by atoms with Crippen LogP contribution in [0.2, 0.25) is 0 Å². The zero-order valence-electron chi connectivity index (χ0n) is 9.21. The van der Waals surface area contributed by atoms with Crippen LogP contribution < -0.4 is 0 Å². The van der Waals surface area contributed by atoms with Crippen LogP contribution in [0.4, 0.5) is 0 Å². The molecule has 2 rings (SSSR count). The molecule has 0 spiro atoms. The summed E-state index contributed by atoms with van der Waals surface area (Å²) in [6.07, 6.45) is -1.95. The van der Waals surface area contributed by atoms with Gasteiger partial charge in [-0.15, -0.1) is 0 Å². The van der Waals surface area contributed by atoms with E-state index in [1.165, 1.54) is 6.07 Å². The molecule has 0 fully saturated rings. The lowest BCUT2D eigenvalue weighted by molar-refractivity contribution is 0.0343. The molecule has 0 aliphatic rings. The van der Waals surface area contributed by atoms with Gasteiger partial charge in [0.15, 0.2) is 0 Å². The minimum atomic E-state index is -1.14. The molecule has 0 aliphatic carbocycles. The molecule has 1 aromatic carbocycles. The number of hydrogen-bond acceptors (Lipinski definition) is 4. The molecule has 0 radical (unpaired) electrons. The Bertz CT molecular complexity index is 577. The van der Waals surface area contributed by atoms with Crippen molar-refractivity contribution in [3.05, 3.63) is 35.6 Å². The quantitative estimate of drug-likeness (QED) is 0.750. The van der Waals surface area contributed by atoms with Crippen LogP contribution in [0.15, 0.2) is 28.7 Å². The van der Waals surface area contributed by atoms with Gasteiger partial charge in [0.1, 0.15) is 11.7 Å². The molecule has 1 heterocycles. The molecule has 3 N–H and O–H groups in total. The maximum atomic E-state index is 10.8. The summed E-state index contributed by atoms with van der Waals surface area (Å²) in [5.74, 6) is -1.30. The maximum Gasteiger partial charge on any atom is 0.371 e. The lowest BCUT2D eigenvalue weighted by atomic mass is 10.0. The Morgan fingerprint density at radius 2 is 2.06 bits per heavy atom. The number of benzene rings is 1. The number of aliphatic hydroxyl groups excluding tert-OH is 2. The van der Waals surface area contributed by atoms with Crippen molar-refractivity contribution in [2.24, 2.45) is 0 Å². The van der Waals surface area contributed by atoms with Crippen molar-refractivity contribution in [3.63, 3.8) is 0 Å². The second-order valence-electron chi connectivity index (χ2n) is 3.88. The van der Waals surface area contributed by atoms with Gasteiger partial charge in [0.05, 0.1) is 6.10 Å². The van der Waals surface area contributed by atoms with Gasteiger partial charge in [0, 0.05) is 10.7 Å². The van der Waals surface area contributed by atoms with E-state index in [-0.39, 0.29) is 11.1 Å². The Labute approximate surface area is 111 Å². The van der Waals surface area contributed by atoms with E-state index < -0.39 is 18.2 Å². The smallest absolute Gasteiger partial charge is 0.371 e. The van der Waals surface area contributed by atoms with Gasteiger partial charge in [-0.1, -0.05) is 22.0 Å². The highest BCUT2D eigenvalue weighted by atomic mass is 79.9. The molecule has 96 valence electrons. The first-order valence-electron chi connectivity index (χ1n) is 5.22. The highest BCUT2D eigenvalue weighted by Gasteiger charge is 2.18. The summed E-state index contributed by atoms with van der Waals surface area (Å²) in [5.41, 5.74) is 0.934. The van der Waals surface area contributed by atoms with Gasteiger partial charge in [-0.25, -0.2) is 4.79 Å². The normalized spacial score (nSPS) is 14.6. The minimum absolute atomic E-state index is 0.155. The number of aliphatic hydroxyl groups is 2. The lowest BCUT2D eigenvalue weighted by Crippen LogP contribution is -2.19. The molecule has 0 saturated carbocycles. The number of rotatable bonds is 4. The monoisotopic (exact) mass is 314 g/mol. The Hall–Kier alpha value is -1.37. The predicted octanol–water partition coefficient (Wildman–Crippen LogP) is 1.92. The Balaban J connectivity index is 2.40. The summed E-state index contributed by atoms with van der Waals surface area (Å²) in [6.45, 7) is 0. The maximum absolute atomic E-state index is 10.8. The summed E-state index contributed by atoms with van der Waals surface area (Å²) in [7, 11) is 0. The van der Waals surface area contributed by atoms with Crippen LogP contribution in [0.1, 0.15) is 22.2 Å². The standard InChI is InChI=1S/C12H11BrO5/c13-5-8(14)11(15)6-1-2-9-7(3-6)4-10(18-9)12(16)17/h1-4,8,11,14-15H,5H2,(H,16,17). The van der Waals surface area contributed by atoms with E-state index >= 15 is 0 Å². The fourth-order valence-corrected chi connectivity index (χ4v) is 2.01. The van der Waals surface area contributed by atoms with E-state index in [1.807, 2.05) is 0 Å². The highest BCUT2D eigenvalue weighted by molar-refractivity contribution is 9.09. The Morgan fingerprint density at radius 1 is 1.33 bits per heavy atom. The van der Waals surface area contributed by atoms with Crippen LogP contribution in [0.25, 0.3) is 11.0 Å². The molecule has 0 amide bonds. The van der Waals surface area contributed by atoms with Crippen molar-refractivity contribution in [1.29, 1.82) is 0 Å². The van der Waals surface area contributed by atoms with Crippen molar-refractivity contribution in [2.45, 2.75) is 12.2 Å². The molecular formula is C12H11BrO5. The SMILES string of the molecule is O=C(O)c1cc2cc(C(O)C(O)CBr)ccc2o1. The summed E-state index contributed by atoms with van der Waals surface area (Å²) in [4.78, 5) is 10.8. The van der Waals surface area contributed by atoms with E-state index in [0.717, 1.165) is 0 Å². The number of alkyl halides is 1. The lowest BCUT2D eigenvalue weighted by Gasteiger charge is -2.15. The molecule has 2 unspecified atom stereocenters. The molecule has 1 aromatic heterocycles. The zero-order valence-corrected chi connectivity index (χ0v) is 10.8. The molecule has 5 nitrogen and oxygen atoms in total. The van der Waals surface area contributed by atoms with Crippen molar-refractivity contribution in [2.75, 3.05) is 5.33 Å². The van der Waals surface area contributed by atoms with Gasteiger partial charge in [-0.3, -0.25) is 0 Å². The molecule has 2 atom stereocenters.